The SMILES string of the molecule is O=C(O)CC1CN(C(=O)c2ccc(-n3cncn3)cc2)CCO1. The summed E-state index contributed by atoms with van der Waals surface area (Å²) in [5.41, 5.74) is 1.36. The summed E-state index contributed by atoms with van der Waals surface area (Å²) >= 11 is 0. The summed E-state index contributed by atoms with van der Waals surface area (Å²) in [7, 11) is 0. The topological polar surface area (TPSA) is 97.6 Å². The summed E-state index contributed by atoms with van der Waals surface area (Å²) in [6.45, 7) is 1.09. The van der Waals surface area contributed by atoms with Crippen LogP contribution in [0.1, 0.15) is 16.8 Å². The molecule has 1 N–H and O–H groups in total. The molecule has 1 amide bonds. The number of morpholine rings is 1. The van der Waals surface area contributed by atoms with Crippen molar-refractivity contribution in [1.82, 2.24) is 19.7 Å². The lowest BCUT2D eigenvalue weighted by Crippen LogP contribution is -2.46. The van der Waals surface area contributed by atoms with Gasteiger partial charge in [-0.15, -0.1) is 0 Å². The Hall–Kier alpha value is -2.74. The molecule has 0 saturated carbocycles. The molecule has 2 heterocycles. The summed E-state index contributed by atoms with van der Waals surface area (Å²) in [6, 6.07) is 7.02. The molecule has 0 bridgehead atoms. The molecule has 1 unspecified atom stereocenters. The third-order valence-corrected chi connectivity index (χ3v) is 3.63. The van der Waals surface area contributed by atoms with Crippen LogP contribution in [-0.4, -0.2) is 62.4 Å². The van der Waals surface area contributed by atoms with Crippen molar-refractivity contribution in [3.8, 4) is 5.69 Å². The average molecular weight is 316 g/mol. The van der Waals surface area contributed by atoms with Crippen LogP contribution >= 0.6 is 0 Å². The van der Waals surface area contributed by atoms with E-state index < -0.39 is 12.1 Å². The minimum Gasteiger partial charge on any atom is -0.481 e. The lowest BCUT2D eigenvalue weighted by atomic mass is 10.1. The van der Waals surface area contributed by atoms with E-state index in [1.807, 2.05) is 0 Å². The summed E-state index contributed by atoms with van der Waals surface area (Å²) in [6.07, 6.45) is 2.46. The fourth-order valence-corrected chi connectivity index (χ4v) is 2.50. The molecule has 2 aromatic rings. The molecule has 120 valence electrons. The highest BCUT2D eigenvalue weighted by Crippen LogP contribution is 2.14. The number of hydrogen-bond acceptors (Lipinski definition) is 5. The number of carboxylic acid groups (broad SMARTS) is 1. The van der Waals surface area contributed by atoms with E-state index in [-0.39, 0.29) is 18.9 Å². The van der Waals surface area contributed by atoms with Gasteiger partial charge in [0.2, 0.25) is 0 Å². The van der Waals surface area contributed by atoms with Crippen LogP contribution in [0.2, 0.25) is 0 Å². The van der Waals surface area contributed by atoms with Crippen molar-refractivity contribution in [2.24, 2.45) is 0 Å². The lowest BCUT2D eigenvalue weighted by Gasteiger charge is -2.32. The van der Waals surface area contributed by atoms with Crippen molar-refractivity contribution in [3.05, 3.63) is 42.5 Å². The molecular weight excluding hydrogens is 300 g/mol. The van der Waals surface area contributed by atoms with Crippen LogP contribution < -0.4 is 0 Å². The highest BCUT2D eigenvalue weighted by molar-refractivity contribution is 5.94. The maximum atomic E-state index is 12.5. The molecule has 1 aromatic carbocycles. The first-order valence-electron chi connectivity index (χ1n) is 7.21. The molecule has 1 aliphatic rings. The molecule has 3 rings (SSSR count). The third-order valence-electron chi connectivity index (χ3n) is 3.63. The van der Waals surface area contributed by atoms with Crippen molar-refractivity contribution in [3.63, 3.8) is 0 Å². The minimum absolute atomic E-state index is 0.102. The summed E-state index contributed by atoms with van der Waals surface area (Å²) in [5, 5.41) is 12.9. The molecule has 1 fully saturated rings. The number of nitrogens with zero attached hydrogens (tertiary/aromatic N) is 4. The molecule has 1 atom stereocenters. The van der Waals surface area contributed by atoms with E-state index in [0.717, 1.165) is 5.69 Å². The fraction of sp³-hybridized carbons (Fsp3) is 0.333. The number of carbonyl (C=O) groups is 2. The minimum atomic E-state index is -0.929. The van der Waals surface area contributed by atoms with Gasteiger partial charge in [-0.1, -0.05) is 0 Å². The number of benzene rings is 1. The van der Waals surface area contributed by atoms with E-state index in [9.17, 15) is 9.59 Å². The van der Waals surface area contributed by atoms with Gasteiger partial charge in [0, 0.05) is 18.7 Å². The maximum Gasteiger partial charge on any atom is 0.306 e. The van der Waals surface area contributed by atoms with Crippen molar-refractivity contribution in [2.45, 2.75) is 12.5 Å². The van der Waals surface area contributed by atoms with Gasteiger partial charge in [-0.3, -0.25) is 9.59 Å². The monoisotopic (exact) mass is 316 g/mol. The standard InChI is InChI=1S/C15H16N4O4/c20-14(21)7-13-8-18(5-6-23-13)15(22)11-1-3-12(4-2-11)19-10-16-9-17-19/h1-4,9-10,13H,5-8H2,(H,20,21). The quantitative estimate of drug-likeness (QED) is 0.886. The van der Waals surface area contributed by atoms with Crippen LogP contribution in [0.15, 0.2) is 36.9 Å². The number of aromatic nitrogens is 3. The van der Waals surface area contributed by atoms with E-state index in [1.54, 1.807) is 40.2 Å². The van der Waals surface area contributed by atoms with Crippen molar-refractivity contribution < 1.29 is 19.4 Å². The van der Waals surface area contributed by atoms with Gasteiger partial charge in [0.05, 0.1) is 24.8 Å². The normalized spacial score (nSPS) is 17.9. The van der Waals surface area contributed by atoms with Crippen LogP contribution in [0.5, 0.6) is 0 Å². The number of ether oxygens (including phenoxy) is 1. The first kappa shape index (κ1) is 15.2. The van der Waals surface area contributed by atoms with E-state index in [4.69, 9.17) is 9.84 Å². The first-order valence-corrected chi connectivity index (χ1v) is 7.21. The Bertz CT molecular complexity index is 684. The van der Waals surface area contributed by atoms with Gasteiger partial charge in [0.15, 0.2) is 0 Å². The van der Waals surface area contributed by atoms with E-state index in [0.29, 0.717) is 18.7 Å². The van der Waals surface area contributed by atoms with Gasteiger partial charge >= 0.3 is 5.97 Å². The summed E-state index contributed by atoms with van der Waals surface area (Å²) in [5.74, 6) is -1.06. The van der Waals surface area contributed by atoms with E-state index >= 15 is 0 Å². The van der Waals surface area contributed by atoms with Gasteiger partial charge in [-0.05, 0) is 24.3 Å². The number of rotatable bonds is 4. The summed E-state index contributed by atoms with van der Waals surface area (Å²) in [4.78, 5) is 28.8. The Balaban J connectivity index is 1.69. The van der Waals surface area contributed by atoms with Gasteiger partial charge in [0.25, 0.3) is 5.91 Å². The Morgan fingerprint density at radius 1 is 1.30 bits per heavy atom. The Morgan fingerprint density at radius 3 is 2.74 bits per heavy atom. The molecular formula is C15H16N4O4. The van der Waals surface area contributed by atoms with E-state index in [2.05, 4.69) is 10.1 Å². The van der Waals surface area contributed by atoms with Crippen LogP contribution in [0, 0.1) is 0 Å². The molecule has 0 spiro atoms. The van der Waals surface area contributed by atoms with Gasteiger partial charge in [0.1, 0.15) is 12.7 Å². The second-order valence-electron chi connectivity index (χ2n) is 5.23. The number of carbonyl (C=O) groups excluding carboxylic acids is 1. The van der Waals surface area contributed by atoms with Crippen molar-refractivity contribution in [2.75, 3.05) is 19.7 Å². The molecule has 23 heavy (non-hydrogen) atoms. The largest absolute Gasteiger partial charge is 0.481 e. The highest BCUT2D eigenvalue weighted by Gasteiger charge is 2.26. The smallest absolute Gasteiger partial charge is 0.306 e. The zero-order chi connectivity index (χ0) is 16.2. The maximum absolute atomic E-state index is 12.5. The van der Waals surface area contributed by atoms with E-state index in [1.165, 1.54) is 6.33 Å². The molecule has 0 aliphatic carbocycles. The van der Waals surface area contributed by atoms with Gasteiger partial charge in [-0.25, -0.2) is 9.67 Å². The molecule has 8 heteroatoms. The molecule has 1 aromatic heterocycles. The average Bonchev–Trinajstić information content (AvgIpc) is 3.08. The highest BCUT2D eigenvalue weighted by atomic mass is 16.5. The fourth-order valence-electron chi connectivity index (χ4n) is 2.50. The first-order chi connectivity index (χ1) is 11.1. The zero-order valence-electron chi connectivity index (χ0n) is 12.3. The second kappa shape index (κ2) is 6.57. The van der Waals surface area contributed by atoms with Crippen LogP contribution in [0.4, 0.5) is 0 Å². The van der Waals surface area contributed by atoms with Crippen molar-refractivity contribution >= 4 is 11.9 Å². The Morgan fingerprint density at radius 2 is 2.09 bits per heavy atom. The Kier molecular flexibility index (Phi) is 4.33. The number of aliphatic carboxylic acids is 1. The van der Waals surface area contributed by atoms with Gasteiger partial charge < -0.3 is 14.7 Å². The Labute approximate surface area is 132 Å². The molecule has 0 radical (unpaired) electrons. The zero-order valence-corrected chi connectivity index (χ0v) is 12.3. The molecule has 8 nitrogen and oxygen atoms in total. The predicted octanol–water partition coefficient (Wildman–Crippen LogP) is 0.583. The van der Waals surface area contributed by atoms with Crippen LogP contribution in [0.3, 0.4) is 0 Å². The second-order valence-corrected chi connectivity index (χ2v) is 5.23. The summed E-state index contributed by atoms with van der Waals surface area (Å²) < 4.78 is 6.98. The van der Waals surface area contributed by atoms with Crippen molar-refractivity contribution in [1.29, 1.82) is 0 Å². The predicted molar refractivity (Wildman–Crippen MR) is 79.3 cm³/mol. The number of amides is 1. The lowest BCUT2D eigenvalue weighted by molar-refractivity contribution is -0.141. The number of carboxylic acids is 1. The van der Waals surface area contributed by atoms with Crippen LogP contribution in [-0.2, 0) is 9.53 Å². The van der Waals surface area contributed by atoms with Gasteiger partial charge in [-0.2, -0.15) is 5.10 Å². The molecule has 1 saturated heterocycles. The van der Waals surface area contributed by atoms with Crippen LogP contribution in [0.25, 0.3) is 5.69 Å². The third kappa shape index (κ3) is 3.54. The molecule has 1 aliphatic heterocycles. The number of hydrogen-bond donors (Lipinski definition) is 1.